The smallest absolute Gasteiger partial charge is 0.321 e. The lowest BCUT2D eigenvalue weighted by molar-refractivity contribution is -0.117. The van der Waals surface area contributed by atoms with E-state index in [0.29, 0.717) is 11.7 Å². The molecule has 2 aromatic heterocycles. The van der Waals surface area contributed by atoms with Crippen LogP contribution in [0, 0.1) is 0 Å². The van der Waals surface area contributed by atoms with E-state index in [1.54, 1.807) is 17.4 Å². The standard InChI is InChI=1S/C13H15N5O2S2/c1-3-6-18-11(9-5-4-7-21-9)16-17-13(18)22-8-10(19)15-12(20)14-2/h3-5,7H,1,6,8H2,2H3,(H2,14,15,19,20). The molecule has 0 aromatic carbocycles. The van der Waals surface area contributed by atoms with Gasteiger partial charge in [0.2, 0.25) is 5.91 Å². The number of rotatable bonds is 6. The molecule has 0 aliphatic carbocycles. The molecule has 0 atom stereocenters. The van der Waals surface area contributed by atoms with Crippen LogP contribution in [-0.2, 0) is 11.3 Å². The first-order valence-corrected chi connectivity index (χ1v) is 8.24. The number of imide groups is 1. The summed E-state index contributed by atoms with van der Waals surface area (Å²) in [5.41, 5.74) is 0. The summed E-state index contributed by atoms with van der Waals surface area (Å²) in [4.78, 5) is 23.7. The van der Waals surface area contributed by atoms with Crippen LogP contribution in [-0.4, -0.2) is 39.5 Å². The summed E-state index contributed by atoms with van der Waals surface area (Å²) in [6.07, 6.45) is 1.75. The average Bonchev–Trinajstić information content (AvgIpc) is 3.15. The van der Waals surface area contributed by atoms with Gasteiger partial charge in [-0.25, -0.2) is 4.79 Å². The molecular weight excluding hydrogens is 322 g/mol. The zero-order valence-electron chi connectivity index (χ0n) is 11.9. The van der Waals surface area contributed by atoms with Gasteiger partial charge in [0.15, 0.2) is 11.0 Å². The third kappa shape index (κ3) is 3.95. The molecule has 0 saturated carbocycles. The van der Waals surface area contributed by atoms with Gasteiger partial charge in [0.25, 0.3) is 0 Å². The minimum Gasteiger partial charge on any atom is -0.341 e. The van der Waals surface area contributed by atoms with Crippen molar-refractivity contribution in [2.45, 2.75) is 11.7 Å². The number of hydrogen-bond acceptors (Lipinski definition) is 6. The van der Waals surface area contributed by atoms with Crippen molar-refractivity contribution >= 4 is 35.0 Å². The molecule has 0 radical (unpaired) electrons. The summed E-state index contributed by atoms with van der Waals surface area (Å²) in [7, 11) is 1.45. The molecule has 2 N–H and O–H groups in total. The number of aromatic nitrogens is 3. The maximum Gasteiger partial charge on any atom is 0.321 e. The molecule has 22 heavy (non-hydrogen) atoms. The molecule has 3 amide bonds. The van der Waals surface area contributed by atoms with Crippen molar-refractivity contribution in [3.63, 3.8) is 0 Å². The molecule has 0 unspecified atom stereocenters. The van der Waals surface area contributed by atoms with Crippen LogP contribution in [0.2, 0.25) is 0 Å². The fourth-order valence-corrected chi connectivity index (χ4v) is 3.10. The molecule has 2 heterocycles. The van der Waals surface area contributed by atoms with E-state index >= 15 is 0 Å². The summed E-state index contributed by atoms with van der Waals surface area (Å²) in [5, 5.41) is 15.4. The Hall–Kier alpha value is -2.13. The van der Waals surface area contributed by atoms with Crippen LogP contribution in [0.25, 0.3) is 10.7 Å². The maximum atomic E-state index is 11.6. The predicted molar refractivity (Wildman–Crippen MR) is 86.9 cm³/mol. The molecule has 0 aliphatic rings. The van der Waals surface area contributed by atoms with Gasteiger partial charge in [0.05, 0.1) is 10.6 Å². The van der Waals surface area contributed by atoms with Gasteiger partial charge >= 0.3 is 6.03 Å². The number of thiophene rings is 1. The molecule has 0 fully saturated rings. The number of thioether (sulfide) groups is 1. The Morgan fingerprint density at radius 2 is 2.32 bits per heavy atom. The fraction of sp³-hybridized carbons (Fsp3) is 0.231. The lowest BCUT2D eigenvalue weighted by Crippen LogP contribution is -2.38. The number of nitrogens with zero attached hydrogens (tertiary/aromatic N) is 3. The first-order chi connectivity index (χ1) is 10.7. The number of carbonyl (C=O) groups excluding carboxylic acids is 2. The number of nitrogens with one attached hydrogen (secondary N) is 2. The van der Waals surface area contributed by atoms with Gasteiger partial charge in [0, 0.05) is 13.6 Å². The molecule has 9 heteroatoms. The highest BCUT2D eigenvalue weighted by Crippen LogP contribution is 2.27. The molecule has 0 aliphatic heterocycles. The molecule has 0 saturated heterocycles. The van der Waals surface area contributed by atoms with E-state index in [0.717, 1.165) is 10.7 Å². The second-order valence-electron chi connectivity index (χ2n) is 4.10. The van der Waals surface area contributed by atoms with E-state index in [1.165, 1.54) is 18.8 Å². The minimum absolute atomic E-state index is 0.0765. The fourth-order valence-electron chi connectivity index (χ4n) is 1.63. The van der Waals surface area contributed by atoms with E-state index in [1.807, 2.05) is 22.1 Å². The zero-order chi connectivity index (χ0) is 15.9. The van der Waals surface area contributed by atoms with Crippen LogP contribution in [0.15, 0.2) is 35.3 Å². The third-order valence-corrected chi connectivity index (χ3v) is 4.42. The Morgan fingerprint density at radius 1 is 1.50 bits per heavy atom. The van der Waals surface area contributed by atoms with Gasteiger partial charge in [-0.1, -0.05) is 23.9 Å². The molecule has 116 valence electrons. The Labute approximate surface area is 135 Å². The van der Waals surface area contributed by atoms with Crippen LogP contribution in [0.1, 0.15) is 0 Å². The van der Waals surface area contributed by atoms with Crippen LogP contribution in [0.3, 0.4) is 0 Å². The number of carbonyl (C=O) groups is 2. The van der Waals surface area contributed by atoms with Crippen LogP contribution in [0.4, 0.5) is 4.79 Å². The Kier molecular flexibility index (Phi) is 5.73. The van der Waals surface area contributed by atoms with Crippen molar-refractivity contribution in [3.8, 4) is 10.7 Å². The molecule has 2 aromatic rings. The summed E-state index contributed by atoms with van der Waals surface area (Å²) >= 11 is 2.79. The topological polar surface area (TPSA) is 88.9 Å². The predicted octanol–water partition coefficient (Wildman–Crippen LogP) is 1.74. The third-order valence-electron chi connectivity index (χ3n) is 2.58. The van der Waals surface area contributed by atoms with E-state index in [2.05, 4.69) is 27.4 Å². The lowest BCUT2D eigenvalue weighted by Gasteiger charge is -2.06. The van der Waals surface area contributed by atoms with E-state index < -0.39 is 11.9 Å². The Balaban J connectivity index is 2.09. The lowest BCUT2D eigenvalue weighted by atomic mass is 10.4. The molecule has 0 spiro atoms. The van der Waals surface area contributed by atoms with Crippen LogP contribution >= 0.6 is 23.1 Å². The highest BCUT2D eigenvalue weighted by atomic mass is 32.2. The van der Waals surface area contributed by atoms with Crippen molar-refractivity contribution in [2.24, 2.45) is 0 Å². The summed E-state index contributed by atoms with van der Waals surface area (Å²) in [6, 6.07) is 3.37. The summed E-state index contributed by atoms with van der Waals surface area (Å²) in [6.45, 7) is 4.27. The number of amides is 3. The molecule has 7 nitrogen and oxygen atoms in total. The van der Waals surface area contributed by atoms with E-state index in [-0.39, 0.29) is 5.75 Å². The summed E-state index contributed by atoms with van der Waals surface area (Å²) < 4.78 is 1.89. The van der Waals surface area contributed by atoms with Gasteiger partial charge in [-0.3, -0.25) is 14.7 Å². The van der Waals surface area contributed by atoms with Crippen LogP contribution in [0.5, 0.6) is 0 Å². The molecule has 2 rings (SSSR count). The van der Waals surface area contributed by atoms with Crippen molar-refractivity contribution in [1.82, 2.24) is 25.4 Å². The highest BCUT2D eigenvalue weighted by Gasteiger charge is 2.16. The second-order valence-corrected chi connectivity index (χ2v) is 5.99. The van der Waals surface area contributed by atoms with Gasteiger partial charge in [0.1, 0.15) is 0 Å². The second kappa shape index (κ2) is 7.76. The van der Waals surface area contributed by atoms with Crippen LogP contribution < -0.4 is 10.6 Å². The average molecular weight is 337 g/mol. The normalized spacial score (nSPS) is 10.2. The van der Waals surface area contributed by atoms with Crippen molar-refractivity contribution in [3.05, 3.63) is 30.2 Å². The quantitative estimate of drug-likeness (QED) is 0.619. The number of allylic oxidation sites excluding steroid dienone is 1. The number of hydrogen-bond donors (Lipinski definition) is 2. The van der Waals surface area contributed by atoms with Gasteiger partial charge in [-0.2, -0.15) is 0 Å². The zero-order valence-corrected chi connectivity index (χ0v) is 13.5. The SMILES string of the molecule is C=CCn1c(SCC(=O)NC(=O)NC)nnc1-c1cccs1. The highest BCUT2D eigenvalue weighted by molar-refractivity contribution is 7.99. The van der Waals surface area contributed by atoms with Crippen molar-refractivity contribution in [2.75, 3.05) is 12.8 Å². The van der Waals surface area contributed by atoms with Gasteiger partial charge in [-0.15, -0.1) is 28.1 Å². The van der Waals surface area contributed by atoms with Gasteiger partial charge < -0.3 is 5.32 Å². The number of urea groups is 1. The van der Waals surface area contributed by atoms with Gasteiger partial charge in [-0.05, 0) is 11.4 Å². The summed E-state index contributed by atoms with van der Waals surface area (Å²) in [5.74, 6) is 0.423. The first-order valence-electron chi connectivity index (χ1n) is 6.38. The largest absolute Gasteiger partial charge is 0.341 e. The van der Waals surface area contributed by atoms with Crippen molar-refractivity contribution < 1.29 is 9.59 Å². The van der Waals surface area contributed by atoms with Crippen molar-refractivity contribution in [1.29, 1.82) is 0 Å². The first kappa shape index (κ1) is 16.2. The molecule has 0 bridgehead atoms. The van der Waals surface area contributed by atoms with E-state index in [9.17, 15) is 9.59 Å². The van der Waals surface area contributed by atoms with E-state index in [4.69, 9.17) is 0 Å². The Bertz CT molecular complexity index is 666. The Morgan fingerprint density at radius 3 is 2.95 bits per heavy atom. The maximum absolute atomic E-state index is 11.6. The molecular formula is C13H15N5O2S2. The minimum atomic E-state index is -0.530. The monoisotopic (exact) mass is 337 g/mol.